The van der Waals surface area contributed by atoms with Crippen LogP contribution in [0.4, 0.5) is 0 Å². The highest BCUT2D eigenvalue weighted by atomic mass is 16.3. The van der Waals surface area contributed by atoms with Crippen molar-refractivity contribution in [3.63, 3.8) is 0 Å². The van der Waals surface area contributed by atoms with E-state index >= 15 is 0 Å². The molecule has 1 aromatic heterocycles. The van der Waals surface area contributed by atoms with Gasteiger partial charge in [0.2, 0.25) is 11.8 Å². The average molecular weight is 342 g/mol. The number of rotatable bonds is 12. The topological polar surface area (TPSA) is 69.1 Å². The number of aromatic nitrogens is 1. The summed E-state index contributed by atoms with van der Waals surface area (Å²) in [5.74, 6) is 0.0830. The Kier molecular flexibility index (Phi) is 7.71. The molecule has 2 N–H and O–H groups in total. The van der Waals surface area contributed by atoms with E-state index in [1.165, 1.54) is 38.4 Å². The molecule has 25 heavy (non-hydrogen) atoms. The Morgan fingerprint density at radius 2 is 1.76 bits per heavy atom. The lowest BCUT2D eigenvalue weighted by Crippen LogP contribution is -2.43. The monoisotopic (exact) mass is 342 g/mol. The van der Waals surface area contributed by atoms with Gasteiger partial charge in [0.15, 0.2) is 0 Å². The minimum Gasteiger partial charge on any atom is -0.448 e. The lowest BCUT2D eigenvalue weighted by atomic mass is 9.76. The molecule has 2 aromatic rings. The first-order valence-electron chi connectivity index (χ1n) is 9.43. The summed E-state index contributed by atoms with van der Waals surface area (Å²) in [5.41, 5.74) is 6.06. The van der Waals surface area contributed by atoms with Crippen LogP contribution in [0.25, 0.3) is 0 Å². The Morgan fingerprint density at radius 1 is 1.08 bits per heavy atom. The first-order valence-corrected chi connectivity index (χ1v) is 9.43. The highest BCUT2D eigenvalue weighted by molar-refractivity contribution is 5.85. The normalized spacial score (nSPS) is 13.5. The zero-order valence-electron chi connectivity index (χ0n) is 15.2. The van der Waals surface area contributed by atoms with Crippen LogP contribution in [0, 0.1) is 0 Å². The second-order valence-electron chi connectivity index (χ2n) is 6.82. The number of carbonyl (C=O) groups excluding carboxylic acids is 1. The molecule has 0 saturated heterocycles. The Labute approximate surface area is 150 Å². The van der Waals surface area contributed by atoms with Gasteiger partial charge in [-0.05, 0) is 18.4 Å². The predicted molar refractivity (Wildman–Crippen MR) is 100 cm³/mol. The Morgan fingerprint density at radius 3 is 2.36 bits per heavy atom. The SMILES string of the molecule is CCCCCCCCCC(Cc1ccccc1)(C(N)=O)c1ncco1. The number of nitrogens with zero attached hydrogens (tertiary/aromatic N) is 1. The molecule has 0 aliphatic heterocycles. The van der Waals surface area contributed by atoms with Gasteiger partial charge >= 0.3 is 0 Å². The molecule has 0 bridgehead atoms. The Balaban J connectivity index is 2.05. The summed E-state index contributed by atoms with van der Waals surface area (Å²) in [7, 11) is 0. The van der Waals surface area contributed by atoms with Crippen molar-refractivity contribution in [3.05, 3.63) is 54.2 Å². The van der Waals surface area contributed by atoms with Gasteiger partial charge in [-0.25, -0.2) is 4.98 Å². The summed E-state index contributed by atoms with van der Waals surface area (Å²) < 4.78 is 5.53. The third-order valence-electron chi connectivity index (χ3n) is 4.87. The maximum Gasteiger partial charge on any atom is 0.233 e. The van der Waals surface area contributed by atoms with Gasteiger partial charge in [-0.15, -0.1) is 0 Å². The van der Waals surface area contributed by atoms with Crippen LogP contribution in [-0.2, 0) is 16.6 Å². The van der Waals surface area contributed by atoms with Crippen molar-refractivity contribution < 1.29 is 9.21 Å². The van der Waals surface area contributed by atoms with Gasteiger partial charge in [-0.1, -0.05) is 82.2 Å². The van der Waals surface area contributed by atoms with Gasteiger partial charge in [0.05, 0.1) is 6.20 Å². The molecule has 1 aromatic carbocycles. The number of benzene rings is 1. The van der Waals surface area contributed by atoms with Gasteiger partial charge < -0.3 is 10.2 Å². The molecule has 1 amide bonds. The maximum absolute atomic E-state index is 12.5. The number of unbranched alkanes of at least 4 members (excludes halogenated alkanes) is 6. The van der Waals surface area contributed by atoms with E-state index in [9.17, 15) is 4.79 Å². The van der Waals surface area contributed by atoms with Crippen molar-refractivity contribution in [2.75, 3.05) is 0 Å². The van der Waals surface area contributed by atoms with Crippen molar-refractivity contribution in [1.29, 1.82) is 0 Å². The van der Waals surface area contributed by atoms with Gasteiger partial charge in [-0.2, -0.15) is 0 Å². The molecule has 0 spiro atoms. The Bertz CT molecular complexity index is 610. The molecule has 2 rings (SSSR count). The van der Waals surface area contributed by atoms with Crippen molar-refractivity contribution >= 4 is 5.91 Å². The highest BCUT2D eigenvalue weighted by Gasteiger charge is 2.42. The van der Waals surface area contributed by atoms with E-state index in [2.05, 4.69) is 11.9 Å². The number of hydrogen-bond acceptors (Lipinski definition) is 3. The van der Waals surface area contributed by atoms with Crippen LogP contribution in [0.2, 0.25) is 0 Å². The van der Waals surface area contributed by atoms with E-state index in [0.29, 0.717) is 18.7 Å². The molecule has 4 nitrogen and oxygen atoms in total. The fourth-order valence-electron chi connectivity index (χ4n) is 3.37. The zero-order valence-corrected chi connectivity index (χ0v) is 15.2. The summed E-state index contributed by atoms with van der Waals surface area (Å²) in [5, 5.41) is 0. The standard InChI is InChI=1S/C21H30N2O2/c1-2-3-4-5-6-7-11-14-21(19(22)24,20-23-15-16-25-20)17-18-12-9-8-10-13-18/h8-10,12-13,15-16H,2-7,11,14,17H2,1H3,(H2,22,24). The third-order valence-corrected chi connectivity index (χ3v) is 4.87. The van der Waals surface area contributed by atoms with Crippen molar-refractivity contribution in [3.8, 4) is 0 Å². The number of hydrogen-bond donors (Lipinski definition) is 1. The molecule has 0 radical (unpaired) electrons. The molecule has 0 fully saturated rings. The van der Waals surface area contributed by atoms with Gasteiger partial charge in [0.1, 0.15) is 11.7 Å². The van der Waals surface area contributed by atoms with Crippen LogP contribution < -0.4 is 5.73 Å². The zero-order chi connectivity index (χ0) is 18.0. The molecule has 1 atom stereocenters. The molecule has 4 heteroatoms. The smallest absolute Gasteiger partial charge is 0.233 e. The average Bonchev–Trinajstić information content (AvgIpc) is 3.15. The van der Waals surface area contributed by atoms with Crippen LogP contribution >= 0.6 is 0 Å². The van der Waals surface area contributed by atoms with Crippen LogP contribution in [0.15, 0.2) is 47.2 Å². The minimum absolute atomic E-state index is 0.357. The van der Waals surface area contributed by atoms with Crippen LogP contribution in [0.1, 0.15) is 69.7 Å². The van der Waals surface area contributed by atoms with Crippen molar-refractivity contribution in [2.45, 2.75) is 70.1 Å². The van der Waals surface area contributed by atoms with Gasteiger partial charge in [0, 0.05) is 0 Å². The van der Waals surface area contributed by atoms with Gasteiger partial charge in [0.25, 0.3) is 0 Å². The molecular weight excluding hydrogens is 312 g/mol. The largest absolute Gasteiger partial charge is 0.448 e. The molecule has 0 saturated carbocycles. The highest BCUT2D eigenvalue weighted by Crippen LogP contribution is 2.33. The quantitative estimate of drug-likeness (QED) is 0.564. The minimum atomic E-state index is -0.867. The van der Waals surface area contributed by atoms with Crippen LogP contribution in [-0.4, -0.2) is 10.9 Å². The number of oxazole rings is 1. The van der Waals surface area contributed by atoms with E-state index in [1.54, 1.807) is 6.20 Å². The number of primary amides is 1. The van der Waals surface area contributed by atoms with Crippen LogP contribution in [0.3, 0.4) is 0 Å². The number of amides is 1. The van der Waals surface area contributed by atoms with Gasteiger partial charge in [-0.3, -0.25) is 4.79 Å². The Hall–Kier alpha value is -2.10. The molecule has 0 aliphatic carbocycles. The van der Waals surface area contributed by atoms with Crippen molar-refractivity contribution in [1.82, 2.24) is 4.98 Å². The lowest BCUT2D eigenvalue weighted by molar-refractivity contribution is -0.124. The number of nitrogens with two attached hydrogens (primary N) is 1. The van der Waals surface area contributed by atoms with E-state index in [4.69, 9.17) is 10.2 Å². The second-order valence-corrected chi connectivity index (χ2v) is 6.82. The summed E-state index contributed by atoms with van der Waals surface area (Å²) in [6.45, 7) is 2.22. The van der Waals surface area contributed by atoms with Crippen LogP contribution in [0.5, 0.6) is 0 Å². The van der Waals surface area contributed by atoms with E-state index in [-0.39, 0.29) is 5.91 Å². The first-order chi connectivity index (χ1) is 12.2. The van der Waals surface area contributed by atoms with E-state index < -0.39 is 5.41 Å². The summed E-state index contributed by atoms with van der Waals surface area (Å²) in [6.07, 6.45) is 12.7. The molecule has 0 aliphatic rings. The maximum atomic E-state index is 12.5. The molecular formula is C21H30N2O2. The summed E-state index contributed by atoms with van der Waals surface area (Å²) in [6, 6.07) is 9.96. The fraction of sp³-hybridized carbons (Fsp3) is 0.524. The molecule has 1 heterocycles. The van der Waals surface area contributed by atoms with Crippen molar-refractivity contribution in [2.24, 2.45) is 5.73 Å². The third kappa shape index (κ3) is 5.45. The van der Waals surface area contributed by atoms with E-state index in [0.717, 1.165) is 18.4 Å². The summed E-state index contributed by atoms with van der Waals surface area (Å²) >= 11 is 0. The molecule has 136 valence electrons. The number of carbonyl (C=O) groups is 1. The first kappa shape index (κ1) is 19.2. The molecule has 1 unspecified atom stereocenters. The fourth-order valence-corrected chi connectivity index (χ4v) is 3.37. The van der Waals surface area contributed by atoms with E-state index in [1.807, 2.05) is 30.3 Å². The summed E-state index contributed by atoms with van der Waals surface area (Å²) in [4.78, 5) is 16.7. The second kappa shape index (κ2) is 10.0. The lowest BCUT2D eigenvalue weighted by Gasteiger charge is -2.27. The predicted octanol–water partition coefficient (Wildman–Crippen LogP) is 4.78.